The zero-order valence-corrected chi connectivity index (χ0v) is 14.5. The van der Waals surface area contributed by atoms with Gasteiger partial charge in [-0.1, -0.05) is 18.2 Å². The number of carbonyl (C=O) groups is 2. The molecule has 0 radical (unpaired) electrons. The summed E-state index contributed by atoms with van der Waals surface area (Å²) in [5, 5.41) is 0. The molecule has 0 aliphatic carbocycles. The number of nitrogens with zero attached hydrogens (tertiary/aromatic N) is 1. The normalized spacial score (nSPS) is 14.9. The van der Waals surface area contributed by atoms with Gasteiger partial charge in [0.2, 0.25) is 5.90 Å². The van der Waals surface area contributed by atoms with Gasteiger partial charge in [0, 0.05) is 5.56 Å². The zero-order chi connectivity index (χ0) is 18.7. The van der Waals surface area contributed by atoms with Gasteiger partial charge < -0.3 is 15.2 Å². The van der Waals surface area contributed by atoms with Gasteiger partial charge in [0.1, 0.15) is 5.75 Å². The number of amides is 1. The van der Waals surface area contributed by atoms with Crippen LogP contribution in [0.2, 0.25) is 0 Å². The molecule has 0 bridgehead atoms. The predicted molar refractivity (Wildman–Crippen MR) is 97.7 cm³/mol. The standard InChI is InChI=1S/C20H18N2O4/c1-12-3-6-15(9-13(12)2)19-22-17(20(24)26-19)10-14-4-7-16(8-5-14)25-11-18(21)23/h3-10H,11H2,1-2H3,(H2,21,23). The molecule has 3 rings (SSSR count). The van der Waals surface area contributed by atoms with E-state index in [0.29, 0.717) is 11.6 Å². The van der Waals surface area contributed by atoms with Gasteiger partial charge in [-0.3, -0.25) is 4.79 Å². The highest BCUT2D eigenvalue weighted by atomic mass is 16.6. The number of ether oxygens (including phenoxy) is 2. The minimum absolute atomic E-state index is 0.184. The van der Waals surface area contributed by atoms with Gasteiger partial charge in [0.25, 0.3) is 5.91 Å². The molecule has 1 aliphatic rings. The third kappa shape index (κ3) is 3.97. The molecule has 2 N–H and O–H groups in total. The van der Waals surface area contributed by atoms with Gasteiger partial charge in [0.15, 0.2) is 12.3 Å². The van der Waals surface area contributed by atoms with E-state index in [1.807, 2.05) is 32.0 Å². The summed E-state index contributed by atoms with van der Waals surface area (Å²) in [5.74, 6) is -0.226. The van der Waals surface area contributed by atoms with Crippen LogP contribution in [0.4, 0.5) is 0 Å². The van der Waals surface area contributed by atoms with Crippen LogP contribution in [0.15, 0.2) is 53.2 Å². The minimum atomic E-state index is -0.543. The number of rotatable bonds is 5. The third-order valence-corrected chi connectivity index (χ3v) is 3.94. The van der Waals surface area contributed by atoms with Crippen LogP contribution in [0.1, 0.15) is 22.3 Å². The smallest absolute Gasteiger partial charge is 0.363 e. The fraction of sp³-hybridized carbons (Fsp3) is 0.150. The summed E-state index contributed by atoms with van der Waals surface area (Å²) < 4.78 is 10.5. The third-order valence-electron chi connectivity index (χ3n) is 3.94. The Hall–Kier alpha value is -3.41. The van der Waals surface area contributed by atoms with Gasteiger partial charge in [0.05, 0.1) is 0 Å². The average Bonchev–Trinajstić information content (AvgIpc) is 2.97. The fourth-order valence-corrected chi connectivity index (χ4v) is 2.38. The molecule has 2 aromatic rings. The molecule has 1 aliphatic heterocycles. The number of nitrogens with two attached hydrogens (primary N) is 1. The monoisotopic (exact) mass is 350 g/mol. The first-order chi connectivity index (χ1) is 12.4. The van der Waals surface area contributed by atoms with Crippen molar-refractivity contribution in [1.82, 2.24) is 0 Å². The van der Waals surface area contributed by atoms with Crippen LogP contribution in [-0.2, 0) is 14.3 Å². The SMILES string of the molecule is Cc1ccc(C2=NC(=Cc3ccc(OCC(N)=O)cc3)C(=O)O2)cc1C. The lowest BCUT2D eigenvalue weighted by atomic mass is 10.1. The molecule has 1 amide bonds. The number of primary amides is 1. The Bertz CT molecular complexity index is 927. The molecule has 0 saturated heterocycles. The zero-order valence-electron chi connectivity index (χ0n) is 14.5. The second-order valence-electron chi connectivity index (χ2n) is 5.96. The Morgan fingerprint density at radius 2 is 1.88 bits per heavy atom. The number of hydrogen-bond donors (Lipinski definition) is 1. The topological polar surface area (TPSA) is 91.0 Å². The molecule has 1 heterocycles. The van der Waals surface area contributed by atoms with Crippen LogP contribution >= 0.6 is 0 Å². The molecule has 0 spiro atoms. The quantitative estimate of drug-likeness (QED) is 0.662. The van der Waals surface area contributed by atoms with Crippen molar-refractivity contribution in [2.75, 3.05) is 6.61 Å². The van der Waals surface area contributed by atoms with E-state index in [2.05, 4.69) is 4.99 Å². The number of aryl methyl sites for hydroxylation is 2. The summed E-state index contributed by atoms with van der Waals surface area (Å²) in [6.45, 7) is 3.83. The van der Waals surface area contributed by atoms with Crippen LogP contribution in [0.3, 0.4) is 0 Å². The van der Waals surface area contributed by atoms with E-state index in [1.54, 1.807) is 30.3 Å². The van der Waals surface area contributed by atoms with Crippen molar-refractivity contribution in [3.63, 3.8) is 0 Å². The second kappa shape index (κ2) is 7.23. The van der Waals surface area contributed by atoms with Crippen molar-refractivity contribution in [3.8, 4) is 5.75 Å². The predicted octanol–water partition coefficient (Wildman–Crippen LogP) is 2.51. The molecule has 0 aromatic heterocycles. The Labute approximate surface area is 150 Å². The van der Waals surface area contributed by atoms with Crippen LogP contribution in [0.25, 0.3) is 6.08 Å². The Kier molecular flexibility index (Phi) is 4.84. The van der Waals surface area contributed by atoms with Gasteiger partial charge >= 0.3 is 5.97 Å². The van der Waals surface area contributed by atoms with Crippen LogP contribution < -0.4 is 10.5 Å². The maximum Gasteiger partial charge on any atom is 0.363 e. The van der Waals surface area contributed by atoms with Gasteiger partial charge in [-0.05, 0) is 60.9 Å². The number of carbonyl (C=O) groups excluding carboxylic acids is 2. The van der Waals surface area contributed by atoms with Crippen LogP contribution in [-0.4, -0.2) is 24.4 Å². The number of hydrogen-bond acceptors (Lipinski definition) is 5. The first kappa shape index (κ1) is 17.4. The summed E-state index contributed by atoms with van der Waals surface area (Å²) in [7, 11) is 0. The molecule has 0 saturated carbocycles. The van der Waals surface area contributed by atoms with E-state index < -0.39 is 11.9 Å². The van der Waals surface area contributed by atoms with E-state index in [0.717, 1.165) is 22.3 Å². The molecule has 0 fully saturated rings. The first-order valence-electron chi connectivity index (χ1n) is 8.04. The Morgan fingerprint density at radius 3 is 2.54 bits per heavy atom. The summed E-state index contributed by atoms with van der Waals surface area (Å²) in [5.41, 5.74) is 9.04. The summed E-state index contributed by atoms with van der Waals surface area (Å²) in [6, 6.07) is 12.7. The first-order valence-corrected chi connectivity index (χ1v) is 8.04. The number of cyclic esters (lactones) is 1. The van der Waals surface area contributed by atoms with Gasteiger partial charge in [-0.2, -0.15) is 0 Å². The molecule has 26 heavy (non-hydrogen) atoms. The molecule has 132 valence electrons. The highest BCUT2D eigenvalue weighted by Gasteiger charge is 2.24. The van der Waals surface area contributed by atoms with Crippen LogP contribution in [0, 0.1) is 13.8 Å². The van der Waals surface area contributed by atoms with E-state index in [9.17, 15) is 9.59 Å². The molecule has 0 unspecified atom stereocenters. The van der Waals surface area contributed by atoms with Crippen molar-refractivity contribution >= 4 is 23.9 Å². The highest BCUT2D eigenvalue weighted by molar-refractivity contribution is 6.12. The van der Waals surface area contributed by atoms with E-state index in [4.69, 9.17) is 15.2 Å². The fourth-order valence-electron chi connectivity index (χ4n) is 2.38. The Balaban J connectivity index is 1.79. The van der Waals surface area contributed by atoms with Crippen molar-refractivity contribution < 1.29 is 19.1 Å². The van der Waals surface area contributed by atoms with Crippen molar-refractivity contribution in [1.29, 1.82) is 0 Å². The second-order valence-corrected chi connectivity index (χ2v) is 5.96. The molecular formula is C20H18N2O4. The molecular weight excluding hydrogens is 332 g/mol. The highest BCUT2D eigenvalue weighted by Crippen LogP contribution is 2.21. The van der Waals surface area contributed by atoms with E-state index in [1.165, 1.54) is 0 Å². The van der Waals surface area contributed by atoms with E-state index >= 15 is 0 Å². The molecule has 6 nitrogen and oxygen atoms in total. The number of esters is 1. The van der Waals surface area contributed by atoms with Crippen molar-refractivity contribution in [3.05, 3.63) is 70.4 Å². The maximum atomic E-state index is 12.1. The summed E-state index contributed by atoms with van der Waals surface area (Å²) in [4.78, 5) is 27.1. The number of aliphatic imine (C=N–C) groups is 1. The maximum absolute atomic E-state index is 12.1. The van der Waals surface area contributed by atoms with Crippen molar-refractivity contribution in [2.24, 2.45) is 10.7 Å². The summed E-state index contributed by atoms with van der Waals surface area (Å²) >= 11 is 0. The lowest BCUT2D eigenvalue weighted by Crippen LogP contribution is -2.19. The lowest BCUT2D eigenvalue weighted by molar-refractivity contribution is -0.130. The number of benzene rings is 2. The lowest BCUT2D eigenvalue weighted by Gasteiger charge is -2.03. The minimum Gasteiger partial charge on any atom is -0.484 e. The van der Waals surface area contributed by atoms with E-state index in [-0.39, 0.29) is 12.3 Å². The van der Waals surface area contributed by atoms with Crippen LogP contribution in [0.5, 0.6) is 5.75 Å². The Morgan fingerprint density at radius 1 is 1.15 bits per heavy atom. The molecule has 0 atom stereocenters. The van der Waals surface area contributed by atoms with Gasteiger partial charge in [-0.15, -0.1) is 0 Å². The average molecular weight is 350 g/mol. The van der Waals surface area contributed by atoms with Gasteiger partial charge in [-0.25, -0.2) is 9.79 Å². The molecule has 6 heteroatoms. The van der Waals surface area contributed by atoms with Crippen molar-refractivity contribution in [2.45, 2.75) is 13.8 Å². The largest absolute Gasteiger partial charge is 0.484 e. The molecule has 2 aromatic carbocycles. The summed E-state index contributed by atoms with van der Waals surface area (Å²) in [6.07, 6.45) is 1.63.